The quantitative estimate of drug-likeness (QED) is 0.788. The summed E-state index contributed by atoms with van der Waals surface area (Å²) < 4.78 is 6.50. The van der Waals surface area contributed by atoms with Gasteiger partial charge in [0.05, 0.1) is 24.9 Å². The number of carbonyl (C=O) groups is 1. The standard InChI is InChI=1S/C11H12N2O3/c1-2-16-11(15)5-8-6-13-7-9(14)3-4-10(13)12-8/h3-4,6-7,14H,2,5H2,1H3. The Morgan fingerprint density at radius 2 is 2.31 bits per heavy atom. The summed E-state index contributed by atoms with van der Waals surface area (Å²) in [5.41, 5.74) is 1.32. The lowest BCUT2D eigenvalue weighted by Crippen LogP contribution is -2.07. The number of hydrogen-bond donors (Lipinski definition) is 1. The number of carbonyl (C=O) groups excluding carboxylic acids is 1. The minimum Gasteiger partial charge on any atom is -0.506 e. The maximum atomic E-state index is 11.2. The predicted molar refractivity (Wildman–Crippen MR) is 57.2 cm³/mol. The molecule has 0 atom stereocenters. The first kappa shape index (κ1) is 10.5. The van der Waals surface area contributed by atoms with Crippen LogP contribution in [0.15, 0.2) is 24.5 Å². The van der Waals surface area contributed by atoms with Gasteiger partial charge in [0.25, 0.3) is 0 Å². The molecule has 0 aliphatic rings. The molecule has 0 radical (unpaired) electrons. The van der Waals surface area contributed by atoms with Crippen LogP contribution in [-0.2, 0) is 16.0 Å². The minimum absolute atomic E-state index is 0.149. The molecule has 0 unspecified atom stereocenters. The van der Waals surface area contributed by atoms with E-state index in [9.17, 15) is 9.90 Å². The Balaban J connectivity index is 2.23. The maximum Gasteiger partial charge on any atom is 0.311 e. The zero-order valence-electron chi connectivity index (χ0n) is 8.88. The monoisotopic (exact) mass is 220 g/mol. The first-order valence-corrected chi connectivity index (χ1v) is 5.01. The summed E-state index contributed by atoms with van der Waals surface area (Å²) in [5.74, 6) is -0.136. The molecule has 0 aliphatic heterocycles. The Hall–Kier alpha value is -2.04. The second-order valence-electron chi connectivity index (χ2n) is 3.37. The number of imidazole rings is 1. The highest BCUT2D eigenvalue weighted by molar-refractivity contribution is 5.72. The second kappa shape index (κ2) is 4.22. The van der Waals surface area contributed by atoms with Crippen LogP contribution < -0.4 is 0 Å². The third-order valence-electron chi connectivity index (χ3n) is 2.12. The zero-order valence-corrected chi connectivity index (χ0v) is 8.88. The predicted octanol–water partition coefficient (Wildman–Crippen LogP) is 1.15. The summed E-state index contributed by atoms with van der Waals surface area (Å²) in [7, 11) is 0. The van der Waals surface area contributed by atoms with Gasteiger partial charge in [0.1, 0.15) is 11.4 Å². The van der Waals surface area contributed by atoms with Crippen LogP contribution in [0.1, 0.15) is 12.6 Å². The molecule has 0 fully saturated rings. The number of rotatable bonds is 3. The molecule has 2 aromatic rings. The second-order valence-corrected chi connectivity index (χ2v) is 3.37. The number of aromatic nitrogens is 2. The molecule has 0 aromatic carbocycles. The molecule has 0 amide bonds. The normalized spacial score (nSPS) is 10.6. The van der Waals surface area contributed by atoms with Gasteiger partial charge in [0, 0.05) is 6.20 Å². The Morgan fingerprint density at radius 1 is 1.50 bits per heavy atom. The molecule has 0 aliphatic carbocycles. The highest BCUT2D eigenvalue weighted by Gasteiger charge is 2.08. The van der Waals surface area contributed by atoms with Crippen molar-refractivity contribution in [2.75, 3.05) is 6.61 Å². The molecule has 0 saturated heterocycles. The SMILES string of the molecule is CCOC(=O)Cc1cn2cc(O)ccc2n1. The van der Waals surface area contributed by atoms with E-state index in [4.69, 9.17) is 4.74 Å². The van der Waals surface area contributed by atoms with Gasteiger partial charge in [-0.1, -0.05) is 0 Å². The van der Waals surface area contributed by atoms with Crippen molar-refractivity contribution in [3.05, 3.63) is 30.2 Å². The number of fused-ring (bicyclic) bond motifs is 1. The molecule has 2 rings (SSSR count). The fourth-order valence-electron chi connectivity index (χ4n) is 1.48. The molecule has 2 heterocycles. The lowest BCUT2D eigenvalue weighted by Gasteiger charge is -1.97. The van der Waals surface area contributed by atoms with Crippen molar-refractivity contribution in [2.45, 2.75) is 13.3 Å². The molecule has 0 spiro atoms. The molecule has 5 heteroatoms. The Kier molecular flexibility index (Phi) is 2.76. The molecule has 0 bridgehead atoms. The summed E-state index contributed by atoms with van der Waals surface area (Å²) in [4.78, 5) is 15.5. The molecule has 2 aromatic heterocycles. The Bertz CT molecular complexity index is 519. The van der Waals surface area contributed by atoms with Crippen molar-refractivity contribution in [2.24, 2.45) is 0 Å². The van der Waals surface area contributed by atoms with E-state index in [1.165, 1.54) is 6.20 Å². The lowest BCUT2D eigenvalue weighted by molar-refractivity contribution is -0.142. The third kappa shape index (κ3) is 2.13. The highest BCUT2D eigenvalue weighted by Crippen LogP contribution is 2.12. The summed E-state index contributed by atoms with van der Waals surface area (Å²) >= 11 is 0. The van der Waals surface area contributed by atoms with Crippen LogP contribution in [0.4, 0.5) is 0 Å². The topological polar surface area (TPSA) is 63.8 Å². The summed E-state index contributed by atoms with van der Waals surface area (Å²) in [6.07, 6.45) is 3.39. The fourth-order valence-corrected chi connectivity index (χ4v) is 1.48. The average molecular weight is 220 g/mol. The first-order chi connectivity index (χ1) is 7.69. The summed E-state index contributed by atoms with van der Waals surface area (Å²) in [6, 6.07) is 3.24. The van der Waals surface area contributed by atoms with Crippen molar-refractivity contribution < 1.29 is 14.6 Å². The van der Waals surface area contributed by atoms with Gasteiger partial charge in [-0.3, -0.25) is 4.79 Å². The average Bonchev–Trinajstić information content (AvgIpc) is 2.59. The van der Waals surface area contributed by atoms with Gasteiger partial charge < -0.3 is 14.2 Å². The number of pyridine rings is 1. The fraction of sp³-hybridized carbons (Fsp3) is 0.273. The largest absolute Gasteiger partial charge is 0.506 e. The van der Waals surface area contributed by atoms with Crippen LogP contribution in [-0.4, -0.2) is 27.1 Å². The van der Waals surface area contributed by atoms with Gasteiger partial charge in [-0.2, -0.15) is 0 Å². The molecule has 84 valence electrons. The van der Waals surface area contributed by atoms with Gasteiger partial charge in [0.15, 0.2) is 0 Å². The summed E-state index contributed by atoms with van der Waals surface area (Å²) in [6.45, 7) is 2.13. The maximum absolute atomic E-state index is 11.2. The third-order valence-corrected chi connectivity index (χ3v) is 2.12. The summed E-state index contributed by atoms with van der Waals surface area (Å²) in [5, 5.41) is 9.27. The molecule has 5 nitrogen and oxygen atoms in total. The number of nitrogens with zero attached hydrogens (tertiary/aromatic N) is 2. The Morgan fingerprint density at radius 3 is 3.06 bits per heavy atom. The first-order valence-electron chi connectivity index (χ1n) is 5.01. The van der Waals surface area contributed by atoms with Crippen LogP contribution in [0.2, 0.25) is 0 Å². The molecular weight excluding hydrogens is 208 g/mol. The number of aromatic hydroxyl groups is 1. The van der Waals surface area contributed by atoms with Crippen molar-refractivity contribution in [3.8, 4) is 5.75 Å². The Labute approximate surface area is 92.3 Å². The number of esters is 1. The number of hydrogen-bond acceptors (Lipinski definition) is 4. The van der Waals surface area contributed by atoms with Gasteiger partial charge in [0.2, 0.25) is 0 Å². The molecule has 1 N–H and O–H groups in total. The lowest BCUT2D eigenvalue weighted by atomic mass is 10.3. The van der Waals surface area contributed by atoms with E-state index in [0.29, 0.717) is 17.9 Å². The van der Waals surface area contributed by atoms with Crippen LogP contribution in [0.25, 0.3) is 5.65 Å². The molecule has 16 heavy (non-hydrogen) atoms. The van der Waals surface area contributed by atoms with Crippen LogP contribution in [0.3, 0.4) is 0 Å². The smallest absolute Gasteiger partial charge is 0.311 e. The van der Waals surface area contributed by atoms with Crippen molar-refractivity contribution >= 4 is 11.6 Å². The van der Waals surface area contributed by atoms with Crippen molar-refractivity contribution in [1.29, 1.82) is 0 Å². The van der Waals surface area contributed by atoms with Crippen molar-refractivity contribution in [1.82, 2.24) is 9.38 Å². The molecular formula is C11H12N2O3. The minimum atomic E-state index is -0.296. The highest BCUT2D eigenvalue weighted by atomic mass is 16.5. The zero-order chi connectivity index (χ0) is 11.5. The van der Waals surface area contributed by atoms with E-state index in [1.807, 2.05) is 0 Å². The van der Waals surface area contributed by atoms with Crippen LogP contribution in [0, 0.1) is 0 Å². The van der Waals surface area contributed by atoms with Crippen LogP contribution >= 0.6 is 0 Å². The van der Waals surface area contributed by atoms with Gasteiger partial charge >= 0.3 is 5.97 Å². The number of ether oxygens (including phenoxy) is 1. The van der Waals surface area contributed by atoms with E-state index in [-0.39, 0.29) is 18.1 Å². The van der Waals surface area contributed by atoms with E-state index in [1.54, 1.807) is 29.7 Å². The van der Waals surface area contributed by atoms with E-state index in [0.717, 1.165) is 0 Å². The van der Waals surface area contributed by atoms with Gasteiger partial charge in [-0.05, 0) is 19.1 Å². The molecule has 0 saturated carbocycles. The van der Waals surface area contributed by atoms with Gasteiger partial charge in [-0.15, -0.1) is 0 Å². The van der Waals surface area contributed by atoms with Gasteiger partial charge in [-0.25, -0.2) is 4.98 Å². The van der Waals surface area contributed by atoms with Crippen molar-refractivity contribution in [3.63, 3.8) is 0 Å². The van der Waals surface area contributed by atoms with E-state index >= 15 is 0 Å². The van der Waals surface area contributed by atoms with E-state index in [2.05, 4.69) is 4.98 Å². The van der Waals surface area contributed by atoms with E-state index < -0.39 is 0 Å². The van der Waals surface area contributed by atoms with Crippen LogP contribution in [0.5, 0.6) is 5.75 Å².